The number of nitrogens with two attached hydrogens (primary N) is 1. The number of hydrogen-bond acceptors (Lipinski definition) is 3. The lowest BCUT2D eigenvalue weighted by molar-refractivity contribution is 0.102. The summed E-state index contributed by atoms with van der Waals surface area (Å²) in [6, 6.07) is 4.59. The average Bonchev–Trinajstić information content (AvgIpc) is 2.34. The van der Waals surface area contributed by atoms with Gasteiger partial charge >= 0.3 is 0 Å². The first kappa shape index (κ1) is 14.0. The normalized spacial score (nSPS) is 10.3. The SMILES string of the molecule is Nc1cc(Br)c(NC(=O)c2ccncc2F)c(Br)c1. The Morgan fingerprint density at radius 2 is 1.95 bits per heavy atom. The summed E-state index contributed by atoms with van der Waals surface area (Å²) in [6.45, 7) is 0. The number of nitrogens with one attached hydrogen (secondary N) is 1. The van der Waals surface area contributed by atoms with Gasteiger partial charge in [-0.15, -0.1) is 0 Å². The van der Waals surface area contributed by atoms with E-state index in [1.165, 1.54) is 12.3 Å². The quantitative estimate of drug-likeness (QED) is 0.772. The molecular formula is C12H8Br2FN3O. The summed E-state index contributed by atoms with van der Waals surface area (Å²) in [5, 5.41) is 2.61. The average molecular weight is 389 g/mol. The second kappa shape index (κ2) is 5.66. The van der Waals surface area contributed by atoms with Crippen LogP contribution >= 0.6 is 31.9 Å². The Hall–Kier alpha value is -1.47. The summed E-state index contributed by atoms with van der Waals surface area (Å²) >= 11 is 6.57. The minimum absolute atomic E-state index is 0.0781. The number of halogens is 3. The molecule has 1 amide bonds. The molecule has 0 saturated carbocycles. The number of nitrogens with zero attached hydrogens (tertiary/aromatic N) is 1. The molecule has 19 heavy (non-hydrogen) atoms. The summed E-state index contributed by atoms with van der Waals surface area (Å²) in [7, 11) is 0. The van der Waals surface area contributed by atoms with E-state index in [1.807, 2.05) is 0 Å². The molecule has 7 heteroatoms. The highest BCUT2D eigenvalue weighted by molar-refractivity contribution is 9.11. The Morgan fingerprint density at radius 3 is 2.53 bits per heavy atom. The number of nitrogen functional groups attached to an aromatic ring is 1. The molecule has 0 bridgehead atoms. The maximum absolute atomic E-state index is 13.4. The molecule has 0 spiro atoms. The molecule has 0 aliphatic rings. The van der Waals surface area contributed by atoms with Crippen LogP contribution < -0.4 is 11.1 Å². The first-order valence-corrected chi connectivity index (χ1v) is 6.73. The highest BCUT2D eigenvalue weighted by atomic mass is 79.9. The van der Waals surface area contributed by atoms with Crippen LogP contribution in [0.4, 0.5) is 15.8 Å². The molecular weight excluding hydrogens is 381 g/mol. The van der Waals surface area contributed by atoms with E-state index in [4.69, 9.17) is 5.73 Å². The van der Waals surface area contributed by atoms with Crippen molar-refractivity contribution in [3.8, 4) is 0 Å². The zero-order valence-electron chi connectivity index (χ0n) is 9.45. The van der Waals surface area contributed by atoms with Gasteiger partial charge in [-0.05, 0) is 50.1 Å². The Kier molecular flexibility index (Phi) is 4.16. The Balaban J connectivity index is 2.32. The standard InChI is InChI=1S/C12H8Br2FN3O/c13-8-3-6(16)4-9(14)11(8)18-12(19)7-1-2-17-5-10(7)15/h1-5H,16H2,(H,18,19). The minimum Gasteiger partial charge on any atom is -0.399 e. The molecule has 1 heterocycles. The second-order valence-electron chi connectivity index (χ2n) is 3.67. The second-order valence-corrected chi connectivity index (χ2v) is 5.38. The highest BCUT2D eigenvalue weighted by Crippen LogP contribution is 2.33. The smallest absolute Gasteiger partial charge is 0.258 e. The van der Waals surface area contributed by atoms with Gasteiger partial charge in [-0.25, -0.2) is 4.39 Å². The van der Waals surface area contributed by atoms with Crippen LogP contribution in [0.15, 0.2) is 39.5 Å². The van der Waals surface area contributed by atoms with Crippen molar-refractivity contribution in [2.24, 2.45) is 0 Å². The Bertz CT molecular complexity index is 626. The number of amides is 1. The number of hydrogen-bond donors (Lipinski definition) is 2. The van der Waals surface area contributed by atoms with E-state index in [1.54, 1.807) is 12.1 Å². The van der Waals surface area contributed by atoms with Gasteiger partial charge in [0.2, 0.25) is 0 Å². The lowest BCUT2D eigenvalue weighted by Gasteiger charge is -2.11. The monoisotopic (exact) mass is 387 g/mol. The number of aromatic nitrogens is 1. The van der Waals surface area contributed by atoms with Gasteiger partial charge in [0.1, 0.15) is 0 Å². The zero-order valence-corrected chi connectivity index (χ0v) is 12.6. The predicted molar refractivity (Wildman–Crippen MR) is 78.4 cm³/mol. The van der Waals surface area contributed by atoms with Crippen molar-refractivity contribution in [3.05, 3.63) is 50.9 Å². The molecule has 0 unspecified atom stereocenters. The van der Waals surface area contributed by atoms with Crippen LogP contribution in [0.3, 0.4) is 0 Å². The molecule has 1 aromatic heterocycles. The van der Waals surface area contributed by atoms with E-state index in [0.29, 0.717) is 20.3 Å². The van der Waals surface area contributed by atoms with Crippen molar-refractivity contribution >= 4 is 49.1 Å². The fourth-order valence-corrected chi connectivity index (χ4v) is 2.87. The highest BCUT2D eigenvalue weighted by Gasteiger charge is 2.15. The van der Waals surface area contributed by atoms with Crippen LogP contribution in [0, 0.1) is 5.82 Å². The molecule has 0 fully saturated rings. The van der Waals surface area contributed by atoms with Gasteiger partial charge in [-0.1, -0.05) is 0 Å². The summed E-state index contributed by atoms with van der Waals surface area (Å²) in [5.74, 6) is -1.24. The molecule has 0 atom stereocenters. The number of pyridine rings is 1. The largest absolute Gasteiger partial charge is 0.399 e. The van der Waals surface area contributed by atoms with Crippen LogP contribution in [0.2, 0.25) is 0 Å². The van der Waals surface area contributed by atoms with Crippen LogP contribution in [0.25, 0.3) is 0 Å². The Labute approximate surface area is 125 Å². The predicted octanol–water partition coefficient (Wildman–Crippen LogP) is 3.58. The summed E-state index contributed by atoms with van der Waals surface area (Å²) in [6.07, 6.45) is 2.34. The number of carbonyl (C=O) groups excluding carboxylic acids is 1. The molecule has 3 N–H and O–H groups in total. The molecule has 2 rings (SSSR count). The third-order valence-electron chi connectivity index (χ3n) is 2.32. The van der Waals surface area contributed by atoms with Gasteiger partial charge in [0, 0.05) is 20.8 Å². The zero-order chi connectivity index (χ0) is 14.0. The maximum atomic E-state index is 13.4. The number of carbonyl (C=O) groups is 1. The van der Waals surface area contributed by atoms with E-state index in [-0.39, 0.29) is 5.56 Å². The first-order chi connectivity index (χ1) is 8.99. The Morgan fingerprint density at radius 1 is 1.32 bits per heavy atom. The van der Waals surface area contributed by atoms with Crippen molar-refractivity contribution in [2.45, 2.75) is 0 Å². The van der Waals surface area contributed by atoms with Crippen LogP contribution in [0.5, 0.6) is 0 Å². The maximum Gasteiger partial charge on any atom is 0.258 e. The summed E-state index contributed by atoms with van der Waals surface area (Å²) in [5.41, 5.74) is 6.59. The topological polar surface area (TPSA) is 68.0 Å². The molecule has 4 nitrogen and oxygen atoms in total. The fraction of sp³-hybridized carbons (Fsp3) is 0. The van der Waals surface area contributed by atoms with E-state index < -0.39 is 11.7 Å². The van der Waals surface area contributed by atoms with Gasteiger partial charge in [0.05, 0.1) is 17.4 Å². The number of anilines is 2. The molecule has 0 saturated heterocycles. The lowest BCUT2D eigenvalue weighted by atomic mass is 10.2. The van der Waals surface area contributed by atoms with E-state index in [0.717, 1.165) is 6.20 Å². The molecule has 98 valence electrons. The van der Waals surface area contributed by atoms with Crippen molar-refractivity contribution < 1.29 is 9.18 Å². The fourth-order valence-electron chi connectivity index (χ4n) is 1.45. The van der Waals surface area contributed by atoms with Crippen molar-refractivity contribution in [3.63, 3.8) is 0 Å². The van der Waals surface area contributed by atoms with E-state index >= 15 is 0 Å². The van der Waals surface area contributed by atoms with Gasteiger partial charge in [0.15, 0.2) is 5.82 Å². The third-order valence-corrected chi connectivity index (χ3v) is 3.57. The van der Waals surface area contributed by atoms with Crippen LogP contribution in [0.1, 0.15) is 10.4 Å². The number of benzene rings is 1. The van der Waals surface area contributed by atoms with E-state index in [2.05, 4.69) is 42.2 Å². The van der Waals surface area contributed by atoms with Crippen molar-refractivity contribution in [1.82, 2.24) is 4.98 Å². The summed E-state index contributed by atoms with van der Waals surface area (Å²) < 4.78 is 14.6. The third kappa shape index (κ3) is 3.10. The van der Waals surface area contributed by atoms with Crippen molar-refractivity contribution in [2.75, 3.05) is 11.1 Å². The van der Waals surface area contributed by atoms with Gasteiger partial charge < -0.3 is 11.1 Å². The van der Waals surface area contributed by atoms with Crippen LogP contribution in [-0.2, 0) is 0 Å². The van der Waals surface area contributed by atoms with Gasteiger partial charge in [-0.3, -0.25) is 9.78 Å². The van der Waals surface area contributed by atoms with E-state index in [9.17, 15) is 9.18 Å². The van der Waals surface area contributed by atoms with Crippen LogP contribution in [-0.4, -0.2) is 10.9 Å². The van der Waals surface area contributed by atoms with Crippen molar-refractivity contribution in [1.29, 1.82) is 0 Å². The number of rotatable bonds is 2. The molecule has 2 aromatic rings. The molecule has 0 aliphatic carbocycles. The van der Waals surface area contributed by atoms with Gasteiger partial charge in [-0.2, -0.15) is 0 Å². The molecule has 0 aliphatic heterocycles. The summed E-state index contributed by atoms with van der Waals surface area (Å²) in [4.78, 5) is 15.6. The molecule has 1 aromatic carbocycles. The lowest BCUT2D eigenvalue weighted by Crippen LogP contribution is -2.14. The minimum atomic E-state index is -0.678. The first-order valence-electron chi connectivity index (χ1n) is 5.14. The van der Waals surface area contributed by atoms with Gasteiger partial charge in [0.25, 0.3) is 5.91 Å². The molecule has 0 radical (unpaired) electrons.